The normalized spacial score (nSPS) is 17.4. The van der Waals surface area contributed by atoms with Gasteiger partial charge < -0.3 is 10.6 Å². The fraction of sp³-hybridized carbons (Fsp3) is 0.455. The van der Waals surface area contributed by atoms with E-state index in [4.69, 9.17) is 11.6 Å². The topological polar surface area (TPSA) is 96.3 Å². The summed E-state index contributed by atoms with van der Waals surface area (Å²) in [6, 6.07) is 6.98. The molecular formula is C22H26ClN5O3. The van der Waals surface area contributed by atoms with Gasteiger partial charge in [-0.3, -0.25) is 14.5 Å². The summed E-state index contributed by atoms with van der Waals surface area (Å²) >= 11 is 6.08. The zero-order valence-electron chi connectivity index (χ0n) is 17.5. The molecule has 1 aliphatic carbocycles. The van der Waals surface area contributed by atoms with Crippen molar-refractivity contribution in [3.8, 4) is 5.69 Å². The van der Waals surface area contributed by atoms with Crippen molar-refractivity contribution in [3.05, 3.63) is 46.7 Å². The maximum Gasteiger partial charge on any atom is 0.325 e. The minimum Gasteiger partial charge on any atom is -0.352 e. The van der Waals surface area contributed by atoms with E-state index in [9.17, 15) is 14.4 Å². The zero-order chi connectivity index (χ0) is 22.0. The van der Waals surface area contributed by atoms with Gasteiger partial charge in [-0.2, -0.15) is 5.10 Å². The summed E-state index contributed by atoms with van der Waals surface area (Å²) in [5, 5.41) is 10.7. The van der Waals surface area contributed by atoms with Crippen molar-refractivity contribution in [2.24, 2.45) is 0 Å². The molecule has 0 atom stereocenters. The molecule has 0 radical (unpaired) electrons. The highest BCUT2D eigenvalue weighted by Crippen LogP contribution is 2.35. The Bertz CT molecular complexity index is 1010. The van der Waals surface area contributed by atoms with Gasteiger partial charge in [0.05, 0.1) is 23.1 Å². The van der Waals surface area contributed by atoms with Gasteiger partial charge in [0.25, 0.3) is 11.8 Å². The molecule has 9 heteroatoms. The highest BCUT2D eigenvalue weighted by Gasteiger charge is 2.51. The summed E-state index contributed by atoms with van der Waals surface area (Å²) in [6.07, 6.45) is 6.00. The van der Waals surface area contributed by atoms with Crippen molar-refractivity contribution in [2.45, 2.75) is 51.0 Å². The Hall–Kier alpha value is -2.87. The number of hydrogen-bond acceptors (Lipinski definition) is 4. The second kappa shape index (κ2) is 8.70. The number of hydrogen-bond donors (Lipinski definition) is 2. The van der Waals surface area contributed by atoms with Gasteiger partial charge in [-0.05, 0) is 43.9 Å². The first-order valence-electron chi connectivity index (χ1n) is 10.7. The molecule has 1 aromatic heterocycles. The van der Waals surface area contributed by atoms with Gasteiger partial charge in [-0.25, -0.2) is 9.48 Å². The van der Waals surface area contributed by atoms with E-state index < -0.39 is 5.54 Å². The lowest BCUT2D eigenvalue weighted by atomic mass is 9.98. The lowest BCUT2D eigenvalue weighted by molar-refractivity contribution is -0.131. The van der Waals surface area contributed by atoms with Gasteiger partial charge in [0, 0.05) is 18.1 Å². The van der Waals surface area contributed by atoms with Crippen LogP contribution < -0.4 is 10.6 Å². The zero-order valence-corrected chi connectivity index (χ0v) is 18.2. The third-order valence-corrected chi connectivity index (χ3v) is 6.28. The predicted molar refractivity (Wildman–Crippen MR) is 116 cm³/mol. The van der Waals surface area contributed by atoms with Crippen LogP contribution in [-0.2, 0) is 11.2 Å². The molecule has 164 valence electrons. The molecule has 0 unspecified atom stereocenters. The molecule has 2 aliphatic rings. The molecule has 8 nitrogen and oxygen atoms in total. The van der Waals surface area contributed by atoms with Crippen LogP contribution in [0.5, 0.6) is 0 Å². The molecule has 1 aliphatic heterocycles. The number of imide groups is 1. The molecule has 1 saturated carbocycles. The van der Waals surface area contributed by atoms with Crippen LogP contribution in [0.25, 0.3) is 5.69 Å². The third kappa shape index (κ3) is 4.04. The number of nitrogens with one attached hydrogen (secondary N) is 2. The minimum atomic E-state index is -0.689. The van der Waals surface area contributed by atoms with Crippen LogP contribution in [0, 0.1) is 0 Å². The number of aromatic nitrogens is 2. The Balaban J connectivity index is 1.34. The fourth-order valence-electron chi connectivity index (χ4n) is 4.47. The van der Waals surface area contributed by atoms with Crippen molar-refractivity contribution in [2.75, 3.05) is 13.1 Å². The van der Waals surface area contributed by atoms with Crippen LogP contribution in [0.4, 0.5) is 4.79 Å². The van der Waals surface area contributed by atoms with Crippen LogP contribution >= 0.6 is 11.6 Å². The molecule has 1 aromatic carbocycles. The number of carbonyl (C=O) groups is 3. The van der Waals surface area contributed by atoms with Gasteiger partial charge in [-0.1, -0.05) is 37.4 Å². The summed E-state index contributed by atoms with van der Waals surface area (Å²) in [5.41, 5.74) is 1.40. The molecule has 2 heterocycles. The SMILES string of the molecule is CCc1c(C(=O)NCCCN2C(=O)NC3(CCCC3)C2=O)cnn1-c1cccc(Cl)c1. The fourth-order valence-corrected chi connectivity index (χ4v) is 4.65. The molecule has 1 spiro atoms. The van der Waals surface area contributed by atoms with Gasteiger partial charge >= 0.3 is 6.03 Å². The lowest BCUT2D eigenvalue weighted by Gasteiger charge is -2.20. The maximum atomic E-state index is 12.7. The first-order chi connectivity index (χ1) is 14.9. The summed E-state index contributed by atoms with van der Waals surface area (Å²) < 4.78 is 1.72. The van der Waals surface area contributed by atoms with Gasteiger partial charge in [0.2, 0.25) is 0 Å². The van der Waals surface area contributed by atoms with Crippen LogP contribution in [0.1, 0.15) is 55.1 Å². The molecule has 4 amide bonds. The quantitative estimate of drug-likeness (QED) is 0.507. The molecule has 1 saturated heterocycles. The summed E-state index contributed by atoms with van der Waals surface area (Å²) in [6.45, 7) is 2.61. The first kappa shape index (κ1) is 21.4. The largest absolute Gasteiger partial charge is 0.352 e. The Morgan fingerprint density at radius 3 is 2.77 bits per heavy atom. The van der Waals surface area contributed by atoms with Gasteiger partial charge in [-0.15, -0.1) is 0 Å². The van der Waals surface area contributed by atoms with Crippen LogP contribution in [0.15, 0.2) is 30.5 Å². The number of carbonyl (C=O) groups excluding carboxylic acids is 3. The van der Waals surface area contributed by atoms with Crippen LogP contribution in [0.3, 0.4) is 0 Å². The summed E-state index contributed by atoms with van der Waals surface area (Å²) in [7, 11) is 0. The van der Waals surface area contributed by atoms with Crippen molar-refractivity contribution in [1.82, 2.24) is 25.3 Å². The van der Waals surface area contributed by atoms with E-state index in [1.807, 2.05) is 19.1 Å². The van der Waals surface area contributed by atoms with E-state index in [2.05, 4.69) is 15.7 Å². The van der Waals surface area contributed by atoms with E-state index in [0.717, 1.165) is 24.2 Å². The second-order valence-corrected chi connectivity index (χ2v) is 8.47. The maximum absolute atomic E-state index is 12.7. The lowest BCUT2D eigenvalue weighted by Crippen LogP contribution is -2.44. The predicted octanol–water partition coefficient (Wildman–Crippen LogP) is 3.07. The molecule has 2 aromatic rings. The number of benzene rings is 1. The number of halogens is 1. The second-order valence-electron chi connectivity index (χ2n) is 8.04. The number of rotatable bonds is 7. The van der Waals surface area contributed by atoms with E-state index in [1.54, 1.807) is 23.0 Å². The Morgan fingerprint density at radius 2 is 2.06 bits per heavy atom. The van der Waals surface area contributed by atoms with Crippen molar-refractivity contribution >= 4 is 29.4 Å². The van der Waals surface area contributed by atoms with Crippen LogP contribution in [-0.4, -0.2) is 51.2 Å². The Kier molecular flexibility index (Phi) is 6.00. The Morgan fingerprint density at radius 1 is 1.29 bits per heavy atom. The summed E-state index contributed by atoms with van der Waals surface area (Å²) in [4.78, 5) is 38.9. The van der Waals surface area contributed by atoms with E-state index >= 15 is 0 Å². The standard InChI is InChI=1S/C22H26ClN5O3/c1-2-18-17(14-25-28(18)16-8-5-7-15(23)13-16)19(29)24-11-6-12-27-20(30)22(26-21(27)31)9-3-4-10-22/h5,7-8,13-14H,2-4,6,9-12H2,1H3,(H,24,29)(H,26,31). The van der Waals surface area contributed by atoms with Gasteiger partial charge in [0.1, 0.15) is 5.54 Å². The third-order valence-electron chi connectivity index (χ3n) is 6.05. The monoisotopic (exact) mass is 443 g/mol. The highest BCUT2D eigenvalue weighted by atomic mass is 35.5. The molecule has 0 bridgehead atoms. The van der Waals surface area contributed by atoms with E-state index in [-0.39, 0.29) is 24.4 Å². The minimum absolute atomic E-state index is 0.127. The first-order valence-corrected chi connectivity index (χ1v) is 11.1. The average Bonchev–Trinajstić information content (AvgIpc) is 3.45. The molecule has 2 N–H and O–H groups in total. The number of nitrogens with zero attached hydrogens (tertiary/aromatic N) is 3. The average molecular weight is 444 g/mol. The van der Waals surface area contributed by atoms with Crippen molar-refractivity contribution in [1.29, 1.82) is 0 Å². The molecular weight excluding hydrogens is 418 g/mol. The smallest absolute Gasteiger partial charge is 0.325 e. The van der Waals surface area contributed by atoms with Gasteiger partial charge in [0.15, 0.2) is 0 Å². The molecule has 4 rings (SSSR count). The highest BCUT2D eigenvalue weighted by molar-refractivity contribution is 6.30. The van der Waals surface area contributed by atoms with Crippen molar-refractivity contribution < 1.29 is 14.4 Å². The molecule has 31 heavy (non-hydrogen) atoms. The summed E-state index contributed by atoms with van der Waals surface area (Å²) in [5.74, 6) is -0.355. The van der Waals surface area contributed by atoms with Crippen LogP contribution in [0.2, 0.25) is 5.02 Å². The van der Waals surface area contributed by atoms with E-state index in [1.165, 1.54) is 4.90 Å². The molecule has 2 fully saturated rings. The van der Waals surface area contributed by atoms with E-state index in [0.29, 0.717) is 42.8 Å². The van der Waals surface area contributed by atoms with Crippen molar-refractivity contribution in [3.63, 3.8) is 0 Å². The number of urea groups is 1. The Labute approximate surface area is 185 Å². The number of amides is 4.